The van der Waals surface area contributed by atoms with Gasteiger partial charge in [-0.25, -0.2) is 0 Å². The largest absolute Gasteiger partial charge is 0.327 e. The fourth-order valence-electron chi connectivity index (χ4n) is 4.12. The summed E-state index contributed by atoms with van der Waals surface area (Å²) >= 11 is 0. The highest BCUT2D eigenvalue weighted by atomic mass is 14.7. The average molecular weight is 151 g/mol. The van der Waals surface area contributed by atoms with E-state index in [1.54, 1.807) is 0 Å². The molecule has 62 valence electrons. The van der Waals surface area contributed by atoms with Crippen molar-refractivity contribution in [1.82, 2.24) is 0 Å². The van der Waals surface area contributed by atoms with E-state index in [4.69, 9.17) is 5.73 Å². The van der Waals surface area contributed by atoms with Crippen LogP contribution in [0.5, 0.6) is 0 Å². The van der Waals surface area contributed by atoms with Crippen LogP contribution in [0.4, 0.5) is 0 Å². The van der Waals surface area contributed by atoms with Crippen LogP contribution in [0, 0.1) is 23.7 Å². The van der Waals surface area contributed by atoms with Gasteiger partial charge in [0.15, 0.2) is 0 Å². The number of fused-ring (bicyclic) bond motifs is 5. The van der Waals surface area contributed by atoms with Crippen molar-refractivity contribution >= 4 is 0 Å². The van der Waals surface area contributed by atoms with E-state index >= 15 is 0 Å². The topological polar surface area (TPSA) is 26.0 Å². The van der Waals surface area contributed by atoms with Crippen LogP contribution in [-0.2, 0) is 0 Å². The third kappa shape index (κ3) is 0.703. The second-order valence-electron chi connectivity index (χ2n) is 4.82. The summed E-state index contributed by atoms with van der Waals surface area (Å²) in [6.45, 7) is 0. The smallest absolute Gasteiger partial charge is 0.00727 e. The minimum absolute atomic E-state index is 0.583. The highest BCUT2D eigenvalue weighted by molar-refractivity contribution is 5.04. The third-order valence-corrected chi connectivity index (χ3v) is 4.48. The van der Waals surface area contributed by atoms with Crippen LogP contribution in [0.15, 0.2) is 0 Å². The molecule has 0 spiro atoms. The molecule has 5 atom stereocenters. The highest BCUT2D eigenvalue weighted by Gasteiger charge is 2.52. The number of rotatable bonds is 0. The summed E-state index contributed by atoms with van der Waals surface area (Å²) < 4.78 is 0. The van der Waals surface area contributed by atoms with E-state index in [1.165, 1.54) is 32.1 Å². The molecule has 11 heavy (non-hydrogen) atoms. The monoisotopic (exact) mass is 151 g/mol. The van der Waals surface area contributed by atoms with E-state index in [0.717, 1.165) is 23.7 Å². The van der Waals surface area contributed by atoms with Gasteiger partial charge in [-0.3, -0.25) is 0 Å². The van der Waals surface area contributed by atoms with Crippen molar-refractivity contribution in [3.8, 4) is 0 Å². The van der Waals surface area contributed by atoms with Gasteiger partial charge >= 0.3 is 0 Å². The van der Waals surface area contributed by atoms with Crippen LogP contribution in [0.1, 0.15) is 32.1 Å². The van der Waals surface area contributed by atoms with E-state index in [0.29, 0.717) is 6.04 Å². The predicted molar refractivity (Wildman–Crippen MR) is 45.0 cm³/mol. The lowest BCUT2D eigenvalue weighted by Gasteiger charge is -2.28. The Balaban J connectivity index is 1.90. The summed E-state index contributed by atoms with van der Waals surface area (Å²) in [6, 6.07) is 0.583. The number of hydrogen-bond donors (Lipinski definition) is 1. The Morgan fingerprint density at radius 1 is 0.909 bits per heavy atom. The normalized spacial score (nSPS) is 60.3. The Kier molecular flexibility index (Phi) is 1.18. The zero-order valence-corrected chi connectivity index (χ0v) is 7.00. The van der Waals surface area contributed by atoms with Crippen LogP contribution in [0.25, 0.3) is 0 Å². The first kappa shape index (κ1) is 6.47. The molecule has 1 heteroatoms. The SMILES string of the molecule is N[C@H]1C[C@@H]2C[C@H]1C1CCCC12. The van der Waals surface area contributed by atoms with Crippen LogP contribution in [-0.4, -0.2) is 6.04 Å². The van der Waals surface area contributed by atoms with Crippen molar-refractivity contribution in [1.29, 1.82) is 0 Å². The molecule has 1 nitrogen and oxygen atoms in total. The van der Waals surface area contributed by atoms with Gasteiger partial charge in [0, 0.05) is 6.04 Å². The Bertz CT molecular complexity index is 178. The molecular formula is C10H17N. The van der Waals surface area contributed by atoms with Crippen LogP contribution < -0.4 is 5.73 Å². The number of hydrogen-bond acceptors (Lipinski definition) is 1. The maximum Gasteiger partial charge on any atom is 0.00727 e. The van der Waals surface area contributed by atoms with Gasteiger partial charge in [0.1, 0.15) is 0 Å². The Morgan fingerprint density at radius 3 is 2.64 bits per heavy atom. The van der Waals surface area contributed by atoms with Crippen molar-refractivity contribution in [3.05, 3.63) is 0 Å². The van der Waals surface area contributed by atoms with Gasteiger partial charge in [-0.15, -0.1) is 0 Å². The lowest BCUT2D eigenvalue weighted by molar-refractivity contribution is 0.234. The predicted octanol–water partition coefficient (Wildman–Crippen LogP) is 1.77. The third-order valence-electron chi connectivity index (χ3n) is 4.48. The molecule has 2 unspecified atom stereocenters. The van der Waals surface area contributed by atoms with E-state index in [1.807, 2.05) is 0 Å². The standard InChI is InChI=1S/C10H17N/c11-10-5-6-4-9(10)8-3-1-2-7(6)8/h6-10H,1-5,11H2/t6-,7?,8?,9-,10-/m0/s1. The van der Waals surface area contributed by atoms with E-state index in [9.17, 15) is 0 Å². The van der Waals surface area contributed by atoms with Gasteiger partial charge in [-0.1, -0.05) is 6.42 Å². The summed E-state index contributed by atoms with van der Waals surface area (Å²) in [6.07, 6.45) is 7.36. The molecule has 0 saturated heterocycles. The molecule has 3 fully saturated rings. The molecule has 0 heterocycles. The van der Waals surface area contributed by atoms with E-state index in [2.05, 4.69) is 0 Å². The molecule has 3 aliphatic rings. The van der Waals surface area contributed by atoms with Crippen molar-refractivity contribution < 1.29 is 0 Å². The summed E-state index contributed by atoms with van der Waals surface area (Å²) in [5.74, 6) is 4.15. The molecule has 3 aliphatic carbocycles. The summed E-state index contributed by atoms with van der Waals surface area (Å²) in [5, 5.41) is 0. The lowest BCUT2D eigenvalue weighted by atomic mass is 9.79. The first-order valence-electron chi connectivity index (χ1n) is 5.12. The molecule has 0 radical (unpaired) electrons. The zero-order valence-electron chi connectivity index (χ0n) is 7.00. The van der Waals surface area contributed by atoms with Gasteiger partial charge < -0.3 is 5.73 Å². The van der Waals surface area contributed by atoms with Gasteiger partial charge in [0.05, 0.1) is 0 Å². The van der Waals surface area contributed by atoms with Crippen molar-refractivity contribution in [2.24, 2.45) is 29.4 Å². The molecule has 0 amide bonds. The van der Waals surface area contributed by atoms with Gasteiger partial charge in [-0.05, 0) is 49.4 Å². The van der Waals surface area contributed by atoms with E-state index in [-0.39, 0.29) is 0 Å². The second kappa shape index (κ2) is 2.01. The minimum Gasteiger partial charge on any atom is -0.327 e. The Labute approximate surface area is 68.3 Å². The van der Waals surface area contributed by atoms with Crippen molar-refractivity contribution in [3.63, 3.8) is 0 Å². The second-order valence-corrected chi connectivity index (χ2v) is 4.82. The molecule has 2 N–H and O–H groups in total. The Hall–Kier alpha value is -0.0400. The average Bonchev–Trinajstić information content (AvgIpc) is 2.52. The van der Waals surface area contributed by atoms with Crippen LogP contribution in [0.3, 0.4) is 0 Å². The fraction of sp³-hybridized carbons (Fsp3) is 1.00. The lowest BCUT2D eigenvalue weighted by Crippen LogP contribution is -2.34. The van der Waals surface area contributed by atoms with Crippen LogP contribution >= 0.6 is 0 Å². The molecule has 0 aliphatic heterocycles. The molecule has 3 saturated carbocycles. The molecule has 0 aromatic carbocycles. The van der Waals surface area contributed by atoms with Crippen molar-refractivity contribution in [2.75, 3.05) is 0 Å². The summed E-state index contributed by atoms with van der Waals surface area (Å²) in [7, 11) is 0. The Morgan fingerprint density at radius 2 is 1.73 bits per heavy atom. The molecule has 0 aromatic rings. The van der Waals surface area contributed by atoms with Crippen molar-refractivity contribution in [2.45, 2.75) is 38.1 Å². The van der Waals surface area contributed by atoms with E-state index < -0.39 is 0 Å². The zero-order chi connectivity index (χ0) is 7.42. The summed E-state index contributed by atoms with van der Waals surface area (Å²) in [4.78, 5) is 0. The molecule has 2 bridgehead atoms. The minimum atomic E-state index is 0.583. The maximum atomic E-state index is 6.08. The molecule has 3 rings (SSSR count). The first-order valence-corrected chi connectivity index (χ1v) is 5.12. The van der Waals surface area contributed by atoms with Gasteiger partial charge in [-0.2, -0.15) is 0 Å². The van der Waals surface area contributed by atoms with Gasteiger partial charge in [0.2, 0.25) is 0 Å². The van der Waals surface area contributed by atoms with Crippen LogP contribution in [0.2, 0.25) is 0 Å². The number of nitrogens with two attached hydrogens (primary N) is 1. The highest BCUT2D eigenvalue weighted by Crippen LogP contribution is 2.58. The quantitative estimate of drug-likeness (QED) is 0.561. The maximum absolute atomic E-state index is 6.08. The summed E-state index contributed by atoms with van der Waals surface area (Å²) in [5.41, 5.74) is 6.08. The first-order chi connectivity index (χ1) is 5.36. The molecular weight excluding hydrogens is 134 g/mol. The molecule has 0 aromatic heterocycles. The fourth-order valence-corrected chi connectivity index (χ4v) is 4.12. The van der Waals surface area contributed by atoms with Gasteiger partial charge in [0.25, 0.3) is 0 Å².